The van der Waals surface area contributed by atoms with Gasteiger partial charge in [0, 0.05) is 6.04 Å². The van der Waals surface area contributed by atoms with E-state index in [0.717, 1.165) is 35.8 Å². The highest BCUT2D eigenvalue weighted by atomic mass is 79.9. The number of benzene rings is 1. The van der Waals surface area contributed by atoms with E-state index in [-0.39, 0.29) is 11.9 Å². The number of carbonyl (C=O) groups is 1. The molecular weight excluding hydrogens is 366 g/mol. The fourth-order valence-electron chi connectivity index (χ4n) is 3.42. The molecule has 2 aromatic rings. The van der Waals surface area contributed by atoms with Crippen molar-refractivity contribution < 1.29 is 4.79 Å². The molecule has 128 valence electrons. The fourth-order valence-corrected chi connectivity index (χ4v) is 4.24. The Morgan fingerprint density at radius 1 is 1.21 bits per heavy atom. The SMILES string of the molecule is CC(C)c1[nH]nc(C(=O)NC2CCC(c3ccccc3)CC2)c1Br. The second-order valence-corrected chi connectivity index (χ2v) is 7.68. The lowest BCUT2D eigenvalue weighted by Crippen LogP contribution is -2.37. The quantitative estimate of drug-likeness (QED) is 0.792. The molecule has 0 radical (unpaired) electrons. The average Bonchev–Trinajstić information content (AvgIpc) is 2.98. The Morgan fingerprint density at radius 2 is 1.88 bits per heavy atom. The first-order valence-electron chi connectivity index (χ1n) is 8.65. The lowest BCUT2D eigenvalue weighted by molar-refractivity contribution is 0.0920. The number of carbonyl (C=O) groups excluding carboxylic acids is 1. The summed E-state index contributed by atoms with van der Waals surface area (Å²) in [7, 11) is 0. The monoisotopic (exact) mass is 389 g/mol. The summed E-state index contributed by atoms with van der Waals surface area (Å²) in [5, 5.41) is 10.3. The largest absolute Gasteiger partial charge is 0.348 e. The van der Waals surface area contributed by atoms with Crippen LogP contribution in [0.3, 0.4) is 0 Å². The van der Waals surface area contributed by atoms with E-state index >= 15 is 0 Å². The average molecular weight is 390 g/mol. The van der Waals surface area contributed by atoms with E-state index in [9.17, 15) is 4.79 Å². The van der Waals surface area contributed by atoms with Gasteiger partial charge in [0.05, 0.1) is 10.2 Å². The van der Waals surface area contributed by atoms with Crippen molar-refractivity contribution >= 4 is 21.8 Å². The topological polar surface area (TPSA) is 57.8 Å². The highest BCUT2D eigenvalue weighted by molar-refractivity contribution is 9.10. The van der Waals surface area contributed by atoms with Crippen molar-refractivity contribution in [3.05, 3.63) is 51.8 Å². The Bertz CT molecular complexity index is 688. The van der Waals surface area contributed by atoms with Crippen LogP contribution in [-0.4, -0.2) is 22.1 Å². The number of H-pyrrole nitrogens is 1. The van der Waals surface area contributed by atoms with Crippen molar-refractivity contribution in [2.24, 2.45) is 0 Å². The second kappa shape index (κ2) is 7.51. The number of rotatable bonds is 4. The number of nitrogens with zero attached hydrogens (tertiary/aromatic N) is 1. The molecule has 1 heterocycles. The molecule has 1 amide bonds. The zero-order chi connectivity index (χ0) is 17.1. The molecule has 0 aliphatic heterocycles. The summed E-state index contributed by atoms with van der Waals surface area (Å²) in [6.07, 6.45) is 4.27. The Kier molecular flexibility index (Phi) is 5.39. The van der Waals surface area contributed by atoms with E-state index in [1.165, 1.54) is 5.56 Å². The van der Waals surface area contributed by atoms with Gasteiger partial charge in [-0.1, -0.05) is 44.2 Å². The van der Waals surface area contributed by atoms with Crippen molar-refractivity contribution in [2.45, 2.75) is 57.4 Å². The van der Waals surface area contributed by atoms with Crippen LogP contribution >= 0.6 is 15.9 Å². The van der Waals surface area contributed by atoms with E-state index < -0.39 is 0 Å². The smallest absolute Gasteiger partial charge is 0.273 e. The maximum Gasteiger partial charge on any atom is 0.273 e. The summed E-state index contributed by atoms with van der Waals surface area (Å²) in [5.74, 6) is 0.826. The number of hydrogen-bond donors (Lipinski definition) is 2. The van der Waals surface area contributed by atoms with Gasteiger partial charge in [-0.3, -0.25) is 9.89 Å². The van der Waals surface area contributed by atoms with Crippen LogP contribution in [-0.2, 0) is 0 Å². The molecule has 1 fully saturated rings. The van der Waals surface area contributed by atoms with Gasteiger partial charge in [0.15, 0.2) is 5.69 Å². The molecule has 0 bridgehead atoms. The van der Waals surface area contributed by atoms with Gasteiger partial charge in [0.2, 0.25) is 0 Å². The first-order chi connectivity index (χ1) is 11.6. The van der Waals surface area contributed by atoms with Crippen LogP contribution in [0.1, 0.15) is 73.1 Å². The van der Waals surface area contributed by atoms with Crippen LogP contribution < -0.4 is 5.32 Å². The summed E-state index contributed by atoms with van der Waals surface area (Å²) in [4.78, 5) is 12.5. The number of amides is 1. The minimum absolute atomic E-state index is 0.0896. The highest BCUT2D eigenvalue weighted by Crippen LogP contribution is 2.33. The zero-order valence-corrected chi connectivity index (χ0v) is 15.8. The van der Waals surface area contributed by atoms with Crippen LogP contribution in [0.25, 0.3) is 0 Å². The van der Waals surface area contributed by atoms with Crippen molar-refractivity contribution in [2.75, 3.05) is 0 Å². The Balaban J connectivity index is 1.57. The van der Waals surface area contributed by atoms with Gasteiger partial charge in [-0.15, -0.1) is 0 Å². The van der Waals surface area contributed by atoms with Crippen LogP contribution in [0.5, 0.6) is 0 Å². The molecular formula is C19H24BrN3O. The van der Waals surface area contributed by atoms with Gasteiger partial charge < -0.3 is 5.32 Å². The van der Waals surface area contributed by atoms with Crippen LogP contribution in [0.2, 0.25) is 0 Å². The lowest BCUT2D eigenvalue weighted by Gasteiger charge is -2.29. The predicted octanol–water partition coefficient (Wildman–Crippen LogP) is 4.75. The number of aromatic nitrogens is 2. The van der Waals surface area contributed by atoms with Crippen molar-refractivity contribution in [3.8, 4) is 0 Å². The summed E-state index contributed by atoms with van der Waals surface area (Å²) < 4.78 is 0.785. The van der Waals surface area contributed by atoms with Crippen molar-refractivity contribution in [1.82, 2.24) is 15.5 Å². The normalized spacial score (nSPS) is 21.0. The third-order valence-corrected chi connectivity index (χ3v) is 5.66. The van der Waals surface area contributed by atoms with E-state index in [1.807, 2.05) is 0 Å². The molecule has 0 spiro atoms. The molecule has 1 aromatic carbocycles. The van der Waals surface area contributed by atoms with Gasteiger partial charge in [0.1, 0.15) is 0 Å². The molecule has 5 heteroatoms. The summed E-state index contributed by atoms with van der Waals surface area (Å²) in [6.45, 7) is 4.15. The molecule has 0 atom stereocenters. The summed E-state index contributed by atoms with van der Waals surface area (Å²) in [6, 6.07) is 10.9. The first kappa shape index (κ1) is 17.2. The molecule has 4 nitrogen and oxygen atoms in total. The number of halogens is 1. The Morgan fingerprint density at radius 3 is 2.46 bits per heavy atom. The Labute approximate surface area is 151 Å². The van der Waals surface area contributed by atoms with Gasteiger partial charge in [-0.2, -0.15) is 5.10 Å². The second-order valence-electron chi connectivity index (χ2n) is 6.89. The van der Waals surface area contributed by atoms with E-state index in [0.29, 0.717) is 17.5 Å². The molecule has 2 N–H and O–H groups in total. The molecule has 1 aliphatic carbocycles. The van der Waals surface area contributed by atoms with Crippen LogP contribution in [0.4, 0.5) is 0 Å². The standard InChI is InChI=1S/C19H24BrN3O/c1-12(2)17-16(20)18(23-22-17)19(24)21-15-10-8-14(9-11-15)13-6-4-3-5-7-13/h3-7,12,14-15H,8-11H2,1-2H3,(H,21,24)(H,22,23). The predicted molar refractivity (Wildman–Crippen MR) is 99.3 cm³/mol. The molecule has 1 aliphatic rings. The minimum atomic E-state index is -0.0896. The van der Waals surface area contributed by atoms with Crippen molar-refractivity contribution in [3.63, 3.8) is 0 Å². The van der Waals surface area contributed by atoms with Crippen LogP contribution in [0, 0.1) is 0 Å². The van der Waals surface area contributed by atoms with Gasteiger partial charge in [-0.25, -0.2) is 0 Å². The molecule has 1 saturated carbocycles. The zero-order valence-electron chi connectivity index (χ0n) is 14.2. The Hall–Kier alpha value is -1.62. The van der Waals surface area contributed by atoms with Crippen molar-refractivity contribution in [1.29, 1.82) is 0 Å². The number of hydrogen-bond acceptors (Lipinski definition) is 2. The molecule has 0 unspecified atom stereocenters. The molecule has 0 saturated heterocycles. The number of nitrogens with one attached hydrogen (secondary N) is 2. The van der Waals surface area contributed by atoms with Gasteiger partial charge >= 0.3 is 0 Å². The third-order valence-electron chi connectivity index (χ3n) is 4.86. The molecule has 24 heavy (non-hydrogen) atoms. The lowest BCUT2D eigenvalue weighted by atomic mass is 9.82. The molecule has 3 rings (SSSR count). The minimum Gasteiger partial charge on any atom is -0.348 e. The maximum atomic E-state index is 12.5. The first-order valence-corrected chi connectivity index (χ1v) is 9.45. The van der Waals surface area contributed by atoms with E-state index in [4.69, 9.17) is 0 Å². The third kappa shape index (κ3) is 3.72. The maximum absolute atomic E-state index is 12.5. The fraction of sp³-hybridized carbons (Fsp3) is 0.474. The summed E-state index contributed by atoms with van der Waals surface area (Å²) in [5.41, 5.74) is 2.84. The number of aromatic amines is 1. The van der Waals surface area contributed by atoms with Crippen LogP contribution in [0.15, 0.2) is 34.8 Å². The summed E-state index contributed by atoms with van der Waals surface area (Å²) >= 11 is 3.50. The highest BCUT2D eigenvalue weighted by Gasteiger charge is 2.26. The molecule has 1 aromatic heterocycles. The van der Waals surface area contributed by atoms with Gasteiger partial charge in [-0.05, 0) is 59.0 Å². The van der Waals surface area contributed by atoms with E-state index in [1.54, 1.807) is 0 Å². The van der Waals surface area contributed by atoms with E-state index in [2.05, 4.69) is 75.6 Å². The van der Waals surface area contributed by atoms with Gasteiger partial charge in [0.25, 0.3) is 5.91 Å².